The van der Waals surface area contributed by atoms with E-state index in [9.17, 15) is 23.7 Å². The van der Waals surface area contributed by atoms with Gasteiger partial charge in [0.15, 0.2) is 0 Å². The highest BCUT2D eigenvalue weighted by atomic mass is 31.1. The van der Waals surface area contributed by atoms with Crippen molar-refractivity contribution in [2.75, 3.05) is 39.4 Å². The van der Waals surface area contributed by atoms with Crippen molar-refractivity contribution in [3.05, 3.63) is 0 Å². The second-order valence-corrected chi connectivity index (χ2v) is 7.04. The summed E-state index contributed by atoms with van der Waals surface area (Å²) in [5, 5.41) is 0. The van der Waals surface area contributed by atoms with Crippen LogP contribution in [0.25, 0.3) is 0 Å². The quantitative estimate of drug-likeness (QED) is 0.587. The van der Waals surface area contributed by atoms with Crippen molar-refractivity contribution in [3.8, 4) is 0 Å². The molecule has 1 fully saturated rings. The molecule has 29 heavy (non-hydrogen) atoms. The first-order valence-electron chi connectivity index (χ1n) is 9.35. The molecule has 0 spiro atoms. The summed E-state index contributed by atoms with van der Waals surface area (Å²) in [7, 11) is -2.10. The number of nitrogens with zero attached hydrogens (tertiary/aromatic N) is 2. The Bertz CT molecular complexity index is 474. The van der Waals surface area contributed by atoms with Gasteiger partial charge in [0.1, 0.15) is 0 Å². The fraction of sp³-hybridized carbons (Fsp3) is 0.765. The van der Waals surface area contributed by atoms with Crippen LogP contribution in [0.5, 0.6) is 0 Å². The van der Waals surface area contributed by atoms with Gasteiger partial charge in [-0.05, 0) is 19.3 Å². The monoisotopic (exact) mass is 438 g/mol. The van der Waals surface area contributed by atoms with Gasteiger partial charge in [0.25, 0.3) is 0 Å². The third kappa shape index (κ3) is 17.0. The van der Waals surface area contributed by atoms with Crippen molar-refractivity contribution in [3.63, 3.8) is 0 Å². The van der Waals surface area contributed by atoms with Crippen molar-refractivity contribution in [1.82, 2.24) is 9.80 Å². The molecule has 0 unspecified atom stereocenters. The molecule has 0 radical (unpaired) electrons. The van der Waals surface area contributed by atoms with Crippen LogP contribution in [0, 0.1) is 0 Å². The van der Waals surface area contributed by atoms with Gasteiger partial charge < -0.3 is 20.5 Å². The Morgan fingerprint density at radius 3 is 1.28 bits per heavy atom. The Morgan fingerprint density at radius 2 is 1.03 bits per heavy atom. The summed E-state index contributed by atoms with van der Waals surface area (Å²) in [6.07, 6.45) is 3.15. The summed E-state index contributed by atoms with van der Waals surface area (Å²) in [5.41, 5.74) is 9.81. The standard InChI is InChI=1S/C10H16N2O4.C5H11O3P.C2H8N2/c1-7(13)11(8(2)14)5-6-12(9(3)15)10(4)16;6-9-7-4-2-1-3-5-8-9;3-1-2-4/h5-6H2,1-4H3;9H,1-5H2;1-4H2. The highest BCUT2D eigenvalue weighted by molar-refractivity contribution is 7.33. The SMILES string of the molecule is CC(=O)N(CCN(C(C)=O)C(C)=O)C(C)=O.NCCN.O=[PH]1OCCCCCO1. The summed E-state index contributed by atoms with van der Waals surface area (Å²) in [6.45, 7) is 7.48. The van der Waals surface area contributed by atoms with E-state index >= 15 is 0 Å². The minimum absolute atomic E-state index is 0.0316. The molecule has 0 aromatic carbocycles. The van der Waals surface area contributed by atoms with Gasteiger partial charge in [0.2, 0.25) is 23.6 Å². The van der Waals surface area contributed by atoms with Crippen molar-refractivity contribution >= 4 is 31.9 Å². The number of hydrogen-bond donors (Lipinski definition) is 2. The third-order valence-electron chi connectivity index (χ3n) is 3.46. The lowest BCUT2D eigenvalue weighted by atomic mass is 10.2. The van der Waals surface area contributed by atoms with Crippen molar-refractivity contribution < 1.29 is 32.8 Å². The third-order valence-corrected chi connectivity index (χ3v) is 4.34. The number of carbonyl (C=O) groups excluding carboxylic acids is 4. The van der Waals surface area contributed by atoms with E-state index in [1.54, 1.807) is 0 Å². The average molecular weight is 438 g/mol. The zero-order valence-corrected chi connectivity index (χ0v) is 18.8. The van der Waals surface area contributed by atoms with E-state index in [-0.39, 0.29) is 13.1 Å². The lowest BCUT2D eigenvalue weighted by Crippen LogP contribution is -2.43. The highest BCUT2D eigenvalue weighted by Gasteiger charge is 2.18. The molecule has 0 saturated carbocycles. The van der Waals surface area contributed by atoms with Gasteiger partial charge in [-0.1, -0.05) is 0 Å². The van der Waals surface area contributed by atoms with Crippen LogP contribution in [0.2, 0.25) is 0 Å². The van der Waals surface area contributed by atoms with Crippen LogP contribution in [0.4, 0.5) is 0 Å². The Morgan fingerprint density at radius 1 is 0.724 bits per heavy atom. The summed E-state index contributed by atoms with van der Waals surface area (Å²) in [4.78, 5) is 46.2. The molecule has 0 bridgehead atoms. The van der Waals surface area contributed by atoms with Crippen LogP contribution < -0.4 is 11.5 Å². The minimum atomic E-state index is -2.10. The summed E-state index contributed by atoms with van der Waals surface area (Å²) in [6, 6.07) is 0. The maximum absolute atomic E-state index is 11.1. The Balaban J connectivity index is 0. The topological polar surface area (TPSA) is 162 Å². The molecule has 4 amide bonds. The molecule has 1 heterocycles. The molecule has 0 aromatic rings. The van der Waals surface area contributed by atoms with Crippen LogP contribution in [0.15, 0.2) is 0 Å². The van der Waals surface area contributed by atoms with Gasteiger partial charge in [-0.3, -0.25) is 33.5 Å². The zero-order chi connectivity index (χ0) is 22.8. The number of rotatable bonds is 4. The lowest BCUT2D eigenvalue weighted by molar-refractivity contribution is -0.147. The molecule has 1 aliphatic heterocycles. The molecule has 1 aliphatic rings. The maximum atomic E-state index is 11.1. The summed E-state index contributed by atoms with van der Waals surface area (Å²) in [5.74, 6) is -1.61. The van der Waals surface area contributed by atoms with E-state index in [4.69, 9.17) is 20.5 Å². The van der Waals surface area contributed by atoms with E-state index in [1.165, 1.54) is 27.7 Å². The van der Waals surface area contributed by atoms with Crippen molar-refractivity contribution in [1.29, 1.82) is 0 Å². The van der Waals surface area contributed by atoms with Gasteiger partial charge in [0.05, 0.1) is 13.2 Å². The second-order valence-electron chi connectivity index (χ2n) is 5.96. The molecule has 1 saturated heterocycles. The fourth-order valence-electron chi connectivity index (χ4n) is 2.01. The second kappa shape index (κ2) is 18.4. The predicted molar refractivity (Wildman–Crippen MR) is 109 cm³/mol. The number of imide groups is 2. The Labute approximate surface area is 173 Å². The zero-order valence-electron chi connectivity index (χ0n) is 17.8. The van der Waals surface area contributed by atoms with E-state index in [0.717, 1.165) is 29.1 Å². The first kappa shape index (κ1) is 29.6. The average Bonchev–Trinajstić information content (AvgIpc) is 2.61. The minimum Gasteiger partial charge on any atom is -0.329 e. The molecule has 0 aromatic heterocycles. The van der Waals surface area contributed by atoms with E-state index < -0.39 is 31.9 Å². The van der Waals surface area contributed by atoms with Gasteiger partial charge in [-0.25, -0.2) is 0 Å². The molecule has 4 N–H and O–H groups in total. The van der Waals surface area contributed by atoms with Crippen molar-refractivity contribution in [2.24, 2.45) is 11.5 Å². The Hall–Kier alpha value is -1.65. The first-order chi connectivity index (χ1) is 13.6. The van der Waals surface area contributed by atoms with Gasteiger partial charge in [-0.15, -0.1) is 0 Å². The van der Waals surface area contributed by atoms with E-state index in [1.807, 2.05) is 0 Å². The summed E-state index contributed by atoms with van der Waals surface area (Å²) < 4.78 is 20.2. The number of nitrogens with two attached hydrogens (primary N) is 2. The maximum Gasteiger partial charge on any atom is 0.319 e. The van der Waals surface area contributed by atoms with Gasteiger partial charge in [-0.2, -0.15) is 0 Å². The van der Waals surface area contributed by atoms with E-state index in [0.29, 0.717) is 26.3 Å². The predicted octanol–water partition coefficient (Wildman–Crippen LogP) is 0.273. The molecule has 1 rings (SSSR count). The fourth-order valence-corrected chi connectivity index (χ4v) is 2.71. The summed E-state index contributed by atoms with van der Waals surface area (Å²) >= 11 is 0. The largest absolute Gasteiger partial charge is 0.329 e. The van der Waals surface area contributed by atoms with Gasteiger partial charge >= 0.3 is 8.25 Å². The van der Waals surface area contributed by atoms with Crippen LogP contribution in [0.1, 0.15) is 47.0 Å². The van der Waals surface area contributed by atoms with E-state index in [2.05, 4.69) is 0 Å². The van der Waals surface area contributed by atoms with Crippen molar-refractivity contribution in [2.45, 2.75) is 47.0 Å². The molecule has 170 valence electrons. The number of carbonyl (C=O) groups is 4. The van der Waals surface area contributed by atoms with Crippen LogP contribution in [-0.4, -0.2) is 72.8 Å². The first-order valence-corrected chi connectivity index (χ1v) is 10.6. The smallest absolute Gasteiger partial charge is 0.319 e. The van der Waals surface area contributed by atoms with Crippen LogP contribution in [0.3, 0.4) is 0 Å². The lowest BCUT2D eigenvalue weighted by Gasteiger charge is -2.22. The molecular weight excluding hydrogens is 403 g/mol. The molecule has 12 heteroatoms. The number of amides is 4. The van der Waals surface area contributed by atoms with Gasteiger partial charge in [0, 0.05) is 53.9 Å². The molecule has 0 atom stereocenters. The molecular formula is C17H35N4O7P. The normalized spacial score (nSPS) is 14.0. The van der Waals surface area contributed by atoms with Crippen LogP contribution >= 0.6 is 8.25 Å². The van der Waals surface area contributed by atoms with Crippen LogP contribution in [-0.2, 0) is 32.8 Å². The molecule has 0 aliphatic carbocycles. The highest BCUT2D eigenvalue weighted by Crippen LogP contribution is 2.26. The number of hydrogen-bond acceptors (Lipinski definition) is 9. The Kier molecular flexibility index (Phi) is 18.7. The molecule has 11 nitrogen and oxygen atoms in total.